The molecule has 0 aliphatic rings. The smallest absolute Gasteiger partial charge is 0.233 e. The van der Waals surface area contributed by atoms with Gasteiger partial charge in [-0.25, -0.2) is 0 Å². The highest BCUT2D eigenvalue weighted by atomic mass is 32.2. The lowest BCUT2D eigenvalue weighted by molar-refractivity contribution is -0.120. The molecule has 0 bridgehead atoms. The van der Waals surface area contributed by atoms with Crippen molar-refractivity contribution in [1.29, 1.82) is 0 Å². The maximum absolute atomic E-state index is 12.1. The molecule has 0 fully saturated rings. The number of furan rings is 1. The third-order valence-electron chi connectivity index (χ3n) is 3.45. The molecule has 7 heteroatoms. The van der Waals surface area contributed by atoms with E-state index in [1.807, 2.05) is 43.3 Å². The van der Waals surface area contributed by atoms with Gasteiger partial charge in [0.15, 0.2) is 0 Å². The second-order valence-corrected chi connectivity index (χ2v) is 7.16. The first-order valence-corrected chi connectivity index (χ1v) is 9.34. The van der Waals surface area contributed by atoms with Crippen LogP contribution in [0.5, 0.6) is 0 Å². The minimum absolute atomic E-state index is 0.00743. The Morgan fingerprint density at radius 2 is 2.00 bits per heavy atom. The van der Waals surface area contributed by atoms with Gasteiger partial charge in [0.05, 0.1) is 11.5 Å². The molecule has 0 radical (unpaired) electrons. The fourth-order valence-corrected chi connectivity index (χ4v) is 3.07. The second-order valence-electron chi connectivity index (χ2n) is 5.74. The first-order chi connectivity index (χ1) is 12.5. The molecule has 2 aromatic rings. The highest BCUT2D eigenvalue weighted by Crippen LogP contribution is 2.24. The Labute approximate surface area is 157 Å². The average molecular weight is 376 g/mol. The molecule has 1 heterocycles. The van der Waals surface area contributed by atoms with E-state index in [0.717, 1.165) is 22.8 Å². The van der Waals surface area contributed by atoms with Crippen molar-refractivity contribution in [2.24, 2.45) is 0 Å². The van der Waals surface area contributed by atoms with Crippen LogP contribution in [0.2, 0.25) is 0 Å². The van der Waals surface area contributed by atoms with Crippen LogP contribution < -0.4 is 10.6 Å². The first kappa shape index (κ1) is 20.1. The van der Waals surface area contributed by atoms with Crippen LogP contribution in [0.15, 0.2) is 52.0 Å². The number of hydrogen-bond donors (Lipinski definition) is 2. The van der Waals surface area contributed by atoms with Gasteiger partial charge in [0.1, 0.15) is 12.4 Å². The summed E-state index contributed by atoms with van der Waals surface area (Å²) in [5.74, 6) is 0.682. The zero-order valence-corrected chi connectivity index (χ0v) is 15.8. The Bertz CT molecular complexity index is 686. The van der Waals surface area contributed by atoms with Crippen molar-refractivity contribution < 1.29 is 18.7 Å². The molecule has 0 saturated heterocycles. The molecule has 0 saturated carbocycles. The summed E-state index contributed by atoms with van der Waals surface area (Å²) in [4.78, 5) is 24.1. The Hall–Kier alpha value is -2.25. The Balaban J connectivity index is 1.61. The molecule has 0 aliphatic carbocycles. The minimum Gasteiger partial charge on any atom is -0.467 e. The predicted molar refractivity (Wildman–Crippen MR) is 102 cm³/mol. The standard InChI is InChI=1S/C19H24N2O4S/c1-14(26-18-8-6-16(7-9-18)21-15(2)22)19(23)20-10-4-11-24-13-17-5-3-12-25-17/h3,5-9,12,14H,4,10-11,13H2,1-2H3,(H,20,23)(H,21,22). The van der Waals surface area contributed by atoms with Crippen molar-refractivity contribution in [2.75, 3.05) is 18.5 Å². The number of anilines is 1. The lowest BCUT2D eigenvalue weighted by Gasteiger charge is -2.12. The van der Waals surface area contributed by atoms with Gasteiger partial charge in [0, 0.05) is 30.7 Å². The van der Waals surface area contributed by atoms with Gasteiger partial charge in [0.2, 0.25) is 11.8 Å². The zero-order chi connectivity index (χ0) is 18.8. The number of nitrogens with one attached hydrogen (secondary N) is 2. The number of hydrogen-bond acceptors (Lipinski definition) is 5. The van der Waals surface area contributed by atoms with E-state index in [-0.39, 0.29) is 17.1 Å². The summed E-state index contributed by atoms with van der Waals surface area (Å²) in [6.45, 7) is 4.92. The van der Waals surface area contributed by atoms with E-state index in [9.17, 15) is 9.59 Å². The summed E-state index contributed by atoms with van der Waals surface area (Å²) >= 11 is 1.48. The molecule has 6 nitrogen and oxygen atoms in total. The molecule has 2 N–H and O–H groups in total. The van der Waals surface area contributed by atoms with Gasteiger partial charge in [-0.3, -0.25) is 9.59 Å². The minimum atomic E-state index is -0.203. The van der Waals surface area contributed by atoms with E-state index >= 15 is 0 Å². The van der Waals surface area contributed by atoms with E-state index in [4.69, 9.17) is 9.15 Å². The number of amides is 2. The molecule has 0 aliphatic heterocycles. The van der Waals surface area contributed by atoms with Crippen molar-refractivity contribution in [2.45, 2.75) is 37.0 Å². The Morgan fingerprint density at radius 3 is 2.65 bits per heavy atom. The van der Waals surface area contributed by atoms with Crippen LogP contribution in [0, 0.1) is 0 Å². The molecular weight excluding hydrogens is 352 g/mol. The summed E-state index contributed by atoms with van der Waals surface area (Å²) in [7, 11) is 0. The summed E-state index contributed by atoms with van der Waals surface area (Å²) in [5.41, 5.74) is 0.744. The van der Waals surface area contributed by atoms with Crippen molar-refractivity contribution in [1.82, 2.24) is 5.32 Å². The molecule has 1 aromatic heterocycles. The van der Waals surface area contributed by atoms with Crippen LogP contribution in [-0.2, 0) is 20.9 Å². The van der Waals surface area contributed by atoms with Gasteiger partial charge in [0.25, 0.3) is 0 Å². The maximum Gasteiger partial charge on any atom is 0.233 e. The van der Waals surface area contributed by atoms with Gasteiger partial charge < -0.3 is 19.8 Å². The molecule has 140 valence electrons. The summed E-state index contributed by atoms with van der Waals surface area (Å²) in [5, 5.41) is 5.43. The van der Waals surface area contributed by atoms with Crippen molar-refractivity contribution >= 4 is 29.3 Å². The maximum atomic E-state index is 12.1. The van der Waals surface area contributed by atoms with Gasteiger partial charge in [-0.2, -0.15) is 0 Å². The molecule has 0 spiro atoms. The van der Waals surface area contributed by atoms with Gasteiger partial charge in [-0.05, 0) is 49.7 Å². The van der Waals surface area contributed by atoms with Gasteiger partial charge in [-0.1, -0.05) is 0 Å². The van der Waals surface area contributed by atoms with E-state index in [0.29, 0.717) is 19.8 Å². The molecule has 1 atom stereocenters. The molecule has 2 amide bonds. The van der Waals surface area contributed by atoms with Crippen LogP contribution >= 0.6 is 11.8 Å². The SMILES string of the molecule is CC(=O)Nc1ccc(SC(C)C(=O)NCCCOCc2ccco2)cc1. The highest BCUT2D eigenvalue weighted by Gasteiger charge is 2.13. The summed E-state index contributed by atoms with van der Waals surface area (Å²) in [6, 6.07) is 11.1. The lowest BCUT2D eigenvalue weighted by Crippen LogP contribution is -2.32. The van der Waals surface area contributed by atoms with Crippen molar-refractivity contribution in [3.8, 4) is 0 Å². The van der Waals surface area contributed by atoms with Crippen LogP contribution in [0.4, 0.5) is 5.69 Å². The first-order valence-electron chi connectivity index (χ1n) is 8.47. The van der Waals surface area contributed by atoms with Crippen molar-refractivity contribution in [3.63, 3.8) is 0 Å². The largest absolute Gasteiger partial charge is 0.467 e. The number of ether oxygens (including phenoxy) is 1. The van der Waals surface area contributed by atoms with Crippen LogP contribution in [-0.4, -0.2) is 30.2 Å². The predicted octanol–water partition coefficient (Wildman–Crippen LogP) is 3.44. The number of benzene rings is 1. The number of thioether (sulfide) groups is 1. The molecule has 1 aromatic carbocycles. The van der Waals surface area contributed by atoms with Gasteiger partial charge in [-0.15, -0.1) is 11.8 Å². The summed E-state index contributed by atoms with van der Waals surface area (Å²) < 4.78 is 10.6. The van der Waals surface area contributed by atoms with Gasteiger partial charge >= 0.3 is 0 Å². The molecule has 26 heavy (non-hydrogen) atoms. The van der Waals surface area contributed by atoms with E-state index < -0.39 is 0 Å². The third kappa shape index (κ3) is 7.33. The van der Waals surface area contributed by atoms with Crippen LogP contribution in [0.3, 0.4) is 0 Å². The van der Waals surface area contributed by atoms with E-state index in [1.54, 1.807) is 6.26 Å². The third-order valence-corrected chi connectivity index (χ3v) is 4.56. The number of carbonyl (C=O) groups excluding carboxylic acids is 2. The zero-order valence-electron chi connectivity index (χ0n) is 15.0. The normalized spacial score (nSPS) is 11.8. The molecule has 2 rings (SSSR count). The van der Waals surface area contributed by atoms with Crippen molar-refractivity contribution in [3.05, 3.63) is 48.4 Å². The number of rotatable bonds is 10. The number of carbonyl (C=O) groups is 2. The fourth-order valence-electron chi connectivity index (χ4n) is 2.17. The molecular formula is C19H24N2O4S. The average Bonchev–Trinajstić information content (AvgIpc) is 3.12. The quantitative estimate of drug-likeness (QED) is 0.490. The topological polar surface area (TPSA) is 80.6 Å². The monoisotopic (exact) mass is 376 g/mol. The van der Waals surface area contributed by atoms with E-state index in [1.165, 1.54) is 18.7 Å². The second kappa shape index (κ2) is 10.7. The summed E-state index contributed by atoms with van der Waals surface area (Å²) in [6.07, 6.45) is 2.36. The Morgan fingerprint density at radius 1 is 1.23 bits per heavy atom. The lowest BCUT2D eigenvalue weighted by atomic mass is 10.3. The Kier molecular flexibility index (Phi) is 8.24. The highest BCUT2D eigenvalue weighted by molar-refractivity contribution is 8.00. The van der Waals surface area contributed by atoms with E-state index in [2.05, 4.69) is 10.6 Å². The van der Waals surface area contributed by atoms with Crippen LogP contribution in [0.1, 0.15) is 26.0 Å². The molecule has 1 unspecified atom stereocenters. The van der Waals surface area contributed by atoms with Crippen LogP contribution in [0.25, 0.3) is 0 Å². The fraction of sp³-hybridized carbons (Fsp3) is 0.368.